The van der Waals surface area contributed by atoms with Gasteiger partial charge in [0.05, 0.1) is 0 Å². The molecule has 0 amide bonds. The first-order chi connectivity index (χ1) is 33.7. The second kappa shape index (κ2) is 16.9. The molecule has 0 saturated heterocycles. The Morgan fingerprint density at radius 1 is 0.294 bits per heavy atom. The average Bonchev–Trinajstić information content (AvgIpc) is 3.42. The van der Waals surface area contributed by atoms with Crippen LogP contribution in [0, 0.1) is 0 Å². The summed E-state index contributed by atoms with van der Waals surface area (Å²) in [6.07, 6.45) is 23.0. The van der Waals surface area contributed by atoms with Crippen LogP contribution in [0.4, 0.5) is 34.1 Å². The van der Waals surface area contributed by atoms with Crippen LogP contribution < -0.4 is 20.2 Å². The maximum atomic E-state index is 2.43. The first kappa shape index (κ1) is 40.1. The summed E-state index contributed by atoms with van der Waals surface area (Å²) in [6.45, 7) is 0. The minimum Gasteiger partial charge on any atom is -0.310 e. The van der Waals surface area contributed by atoms with E-state index in [1.165, 1.54) is 86.9 Å². The van der Waals surface area contributed by atoms with Crippen LogP contribution in [-0.4, -0.2) is 0 Å². The van der Waals surface area contributed by atoms with Gasteiger partial charge < -0.3 is 9.80 Å². The fraction of sp³-hybridized carbons (Fsp3) is 0.0909. The van der Waals surface area contributed by atoms with Crippen molar-refractivity contribution in [3.8, 4) is 11.1 Å². The van der Waals surface area contributed by atoms with Gasteiger partial charge in [-0.15, -0.1) is 0 Å². The Bertz CT molecular complexity index is 3820. The molecule has 3 aliphatic rings. The van der Waals surface area contributed by atoms with Crippen LogP contribution in [0.2, 0.25) is 0 Å². The maximum absolute atomic E-state index is 2.43. The van der Waals surface area contributed by atoms with Gasteiger partial charge in [-0.25, -0.2) is 0 Å². The van der Waals surface area contributed by atoms with Crippen molar-refractivity contribution in [3.63, 3.8) is 0 Å². The molecule has 13 rings (SSSR count). The molecule has 0 aromatic heterocycles. The minimum atomic E-state index is 1.06. The van der Waals surface area contributed by atoms with Crippen molar-refractivity contribution in [3.05, 3.63) is 239 Å². The van der Waals surface area contributed by atoms with E-state index >= 15 is 0 Å². The van der Waals surface area contributed by atoms with Gasteiger partial charge in [-0.3, -0.25) is 0 Å². The molecule has 0 unspecified atom stereocenters. The third-order valence-electron chi connectivity index (χ3n) is 14.5. The van der Waals surface area contributed by atoms with Crippen molar-refractivity contribution in [1.82, 2.24) is 0 Å². The van der Waals surface area contributed by atoms with E-state index in [2.05, 4.69) is 240 Å². The second-order valence-electron chi connectivity index (χ2n) is 18.5. The molecule has 0 aliphatic heterocycles. The number of benzene rings is 10. The molecular formula is C66H50N2. The fourth-order valence-electron chi connectivity index (χ4n) is 11.3. The fourth-order valence-corrected chi connectivity index (χ4v) is 11.3. The van der Waals surface area contributed by atoms with Crippen LogP contribution in [0.15, 0.2) is 212 Å². The van der Waals surface area contributed by atoms with Crippen molar-refractivity contribution in [2.75, 3.05) is 9.80 Å². The van der Waals surface area contributed by atoms with Gasteiger partial charge in [0.25, 0.3) is 0 Å². The lowest BCUT2D eigenvalue weighted by Gasteiger charge is -2.27. The average molecular weight is 871 g/mol. The topological polar surface area (TPSA) is 6.48 Å². The van der Waals surface area contributed by atoms with E-state index in [-0.39, 0.29) is 0 Å². The number of nitrogens with zero attached hydrogens (tertiary/aromatic N) is 2. The van der Waals surface area contributed by atoms with Gasteiger partial charge in [-0.1, -0.05) is 158 Å². The third kappa shape index (κ3) is 6.95. The van der Waals surface area contributed by atoms with E-state index in [0.717, 1.165) is 72.6 Å². The van der Waals surface area contributed by atoms with E-state index in [9.17, 15) is 0 Å². The minimum absolute atomic E-state index is 1.06. The van der Waals surface area contributed by atoms with Gasteiger partial charge in [0.15, 0.2) is 0 Å². The van der Waals surface area contributed by atoms with E-state index in [1.807, 2.05) is 0 Å². The summed E-state index contributed by atoms with van der Waals surface area (Å²) < 4.78 is 0. The molecule has 2 heteroatoms. The van der Waals surface area contributed by atoms with Crippen LogP contribution >= 0.6 is 0 Å². The summed E-state index contributed by atoms with van der Waals surface area (Å²) in [6, 6.07) is 70.1. The normalized spacial score (nSPS) is 14.0. The molecule has 0 saturated carbocycles. The standard InChI is InChI=1S/C66H50N2/c1-3-15-45(16-4-1)46-27-33-51(34-28-46)68(54-40-42-64-60-24-10-8-20-56(60)58-22-12-14-26-62(58)66(64)44-54)52-37-31-48(32-38-52)47-29-35-50(36-30-47)67(49-17-5-2-6-18-49)53-39-41-63-59-23-9-7-19-55(59)57-21-11-13-25-61(57)65(63)43-53/h2-3,5-6,8,10-11,13-21,23-44H,1,4,7,9,12,22H2. The summed E-state index contributed by atoms with van der Waals surface area (Å²) >= 11 is 0. The number of hydrogen-bond donors (Lipinski definition) is 0. The largest absolute Gasteiger partial charge is 0.310 e. The number of fused-ring (bicyclic) bond motifs is 12. The highest BCUT2D eigenvalue weighted by atomic mass is 15.1. The van der Waals surface area contributed by atoms with E-state index < -0.39 is 0 Å². The molecular weight excluding hydrogens is 821 g/mol. The lowest BCUT2D eigenvalue weighted by Crippen LogP contribution is -2.28. The van der Waals surface area contributed by atoms with Crippen molar-refractivity contribution in [2.45, 2.75) is 38.5 Å². The molecule has 0 N–H and O–H groups in total. The molecule has 0 heterocycles. The predicted molar refractivity (Wildman–Crippen MR) is 292 cm³/mol. The summed E-state index contributed by atoms with van der Waals surface area (Å²) in [4.78, 5) is 4.81. The SMILES string of the molecule is C1=CC(c2ccc(N(c3ccc(-c4ccc(N(c5ccccc5)c5ccc6c7c(c8ccccc8c6c5)=CCCC=7)cc4)cc3)c3ccc4c(c3)c3c(c5ccccc54)CCC=C3)cc2)=CCC1. The summed E-state index contributed by atoms with van der Waals surface area (Å²) in [5, 5.41) is 13.3. The lowest BCUT2D eigenvalue weighted by atomic mass is 9.86. The van der Waals surface area contributed by atoms with Gasteiger partial charge in [0.2, 0.25) is 0 Å². The predicted octanol–water partition coefficient (Wildman–Crippen LogP) is 17.0. The molecule has 3 aliphatic carbocycles. The zero-order chi connectivity index (χ0) is 45.0. The first-order valence-corrected chi connectivity index (χ1v) is 24.4. The zero-order valence-corrected chi connectivity index (χ0v) is 38.1. The molecule has 324 valence electrons. The zero-order valence-electron chi connectivity index (χ0n) is 38.1. The number of hydrogen-bond acceptors (Lipinski definition) is 2. The van der Waals surface area contributed by atoms with Crippen LogP contribution in [-0.2, 0) is 6.42 Å². The van der Waals surface area contributed by atoms with Crippen LogP contribution in [0.5, 0.6) is 0 Å². The quantitative estimate of drug-likeness (QED) is 0.140. The first-order valence-electron chi connectivity index (χ1n) is 24.4. The monoisotopic (exact) mass is 870 g/mol. The van der Waals surface area contributed by atoms with Crippen molar-refractivity contribution in [1.29, 1.82) is 0 Å². The molecule has 0 fully saturated rings. The summed E-state index contributed by atoms with van der Waals surface area (Å²) in [5.41, 5.74) is 14.5. The van der Waals surface area contributed by atoms with Gasteiger partial charge in [-0.2, -0.15) is 0 Å². The van der Waals surface area contributed by atoms with Crippen molar-refractivity contribution in [2.24, 2.45) is 0 Å². The van der Waals surface area contributed by atoms with Crippen molar-refractivity contribution >= 4 is 101 Å². The Morgan fingerprint density at radius 2 is 0.750 bits per heavy atom. The number of anilines is 6. The molecule has 0 radical (unpaired) electrons. The smallest absolute Gasteiger partial charge is 0.0468 e. The number of aryl methyl sites for hydroxylation is 1. The van der Waals surface area contributed by atoms with E-state index in [1.54, 1.807) is 0 Å². The van der Waals surface area contributed by atoms with Gasteiger partial charge in [0, 0.05) is 34.1 Å². The highest BCUT2D eigenvalue weighted by Gasteiger charge is 2.20. The van der Waals surface area contributed by atoms with Crippen LogP contribution in [0.1, 0.15) is 48.8 Å². The molecule has 0 bridgehead atoms. The Hall–Kier alpha value is -8.20. The molecule has 0 spiro atoms. The molecule has 10 aromatic rings. The van der Waals surface area contributed by atoms with Crippen molar-refractivity contribution < 1.29 is 0 Å². The lowest BCUT2D eigenvalue weighted by molar-refractivity contribution is 1.00. The van der Waals surface area contributed by atoms with Crippen LogP contribution in [0.25, 0.3) is 78.0 Å². The Morgan fingerprint density at radius 3 is 1.37 bits per heavy atom. The Labute approximate surface area is 398 Å². The van der Waals surface area contributed by atoms with Gasteiger partial charge in [-0.05, 0) is 198 Å². The van der Waals surface area contributed by atoms with E-state index in [0.29, 0.717) is 0 Å². The number of allylic oxidation sites excluding steroid dienone is 5. The molecule has 10 aromatic carbocycles. The maximum Gasteiger partial charge on any atom is 0.0468 e. The van der Waals surface area contributed by atoms with Crippen LogP contribution in [0.3, 0.4) is 0 Å². The van der Waals surface area contributed by atoms with Gasteiger partial charge in [0.1, 0.15) is 0 Å². The Kier molecular flexibility index (Phi) is 9.97. The summed E-state index contributed by atoms with van der Waals surface area (Å²) in [5.74, 6) is 0. The number of para-hydroxylation sites is 1. The third-order valence-corrected chi connectivity index (χ3v) is 14.5. The Balaban J connectivity index is 0.880. The van der Waals surface area contributed by atoms with E-state index in [4.69, 9.17) is 0 Å². The highest BCUT2D eigenvalue weighted by molar-refractivity contribution is 6.14. The second-order valence-corrected chi connectivity index (χ2v) is 18.5. The molecule has 2 nitrogen and oxygen atoms in total. The van der Waals surface area contributed by atoms with Gasteiger partial charge >= 0.3 is 0 Å². The molecule has 68 heavy (non-hydrogen) atoms. The number of rotatable bonds is 8. The summed E-state index contributed by atoms with van der Waals surface area (Å²) in [7, 11) is 0. The highest BCUT2D eigenvalue weighted by Crippen LogP contribution is 2.43. The molecule has 0 atom stereocenters.